The summed E-state index contributed by atoms with van der Waals surface area (Å²) in [6.45, 7) is 2.45. The smallest absolute Gasteiger partial charge is 0.222 e. The Morgan fingerprint density at radius 2 is 2.19 bits per heavy atom. The van der Waals surface area contributed by atoms with Gasteiger partial charge in [-0.2, -0.15) is 5.10 Å². The van der Waals surface area contributed by atoms with Crippen LogP contribution in [0.25, 0.3) is 22.2 Å². The molecular formula is C18H19FN6O. The average molecular weight is 354 g/mol. The number of anilines is 2. The van der Waals surface area contributed by atoms with E-state index < -0.39 is 6.17 Å². The number of halogens is 1. The molecule has 134 valence electrons. The SMILES string of the molecule is CC(=O)Nc1cc2nc(-c3cnn(C)c3)c(N3CC[C@H](F)C3)cc2cn1. The summed E-state index contributed by atoms with van der Waals surface area (Å²) >= 11 is 0. The largest absolute Gasteiger partial charge is 0.367 e. The first-order chi connectivity index (χ1) is 12.5. The molecule has 0 aliphatic carbocycles. The van der Waals surface area contributed by atoms with Crippen LogP contribution in [0.1, 0.15) is 13.3 Å². The van der Waals surface area contributed by atoms with Crippen molar-refractivity contribution in [2.75, 3.05) is 23.3 Å². The summed E-state index contributed by atoms with van der Waals surface area (Å²) in [4.78, 5) is 22.3. The molecule has 7 nitrogen and oxygen atoms in total. The van der Waals surface area contributed by atoms with Crippen molar-refractivity contribution in [3.05, 3.63) is 30.7 Å². The normalized spacial score (nSPS) is 17.0. The molecule has 0 radical (unpaired) electrons. The van der Waals surface area contributed by atoms with Crippen LogP contribution in [-0.2, 0) is 11.8 Å². The van der Waals surface area contributed by atoms with Gasteiger partial charge in [0.25, 0.3) is 0 Å². The van der Waals surface area contributed by atoms with Gasteiger partial charge in [-0.3, -0.25) is 9.48 Å². The summed E-state index contributed by atoms with van der Waals surface area (Å²) in [6, 6.07) is 3.72. The van der Waals surface area contributed by atoms with Gasteiger partial charge in [0.15, 0.2) is 0 Å². The number of nitrogens with zero attached hydrogens (tertiary/aromatic N) is 5. The Hall–Kier alpha value is -3.03. The number of carbonyl (C=O) groups is 1. The Bertz CT molecular complexity index is 985. The second kappa shape index (κ2) is 6.36. The highest BCUT2D eigenvalue weighted by atomic mass is 19.1. The van der Waals surface area contributed by atoms with Gasteiger partial charge in [0.05, 0.1) is 23.1 Å². The van der Waals surface area contributed by atoms with E-state index in [9.17, 15) is 9.18 Å². The zero-order valence-corrected chi connectivity index (χ0v) is 14.6. The first kappa shape index (κ1) is 16.4. The molecule has 1 amide bonds. The minimum atomic E-state index is -0.826. The lowest BCUT2D eigenvalue weighted by Crippen LogP contribution is -2.21. The monoisotopic (exact) mass is 354 g/mol. The predicted octanol–water partition coefficient (Wildman–Crippen LogP) is 2.54. The van der Waals surface area contributed by atoms with Crippen LogP contribution in [0.4, 0.5) is 15.9 Å². The number of amides is 1. The maximum Gasteiger partial charge on any atom is 0.222 e. The highest BCUT2D eigenvalue weighted by Crippen LogP contribution is 2.34. The minimum absolute atomic E-state index is 0.188. The number of pyridine rings is 2. The van der Waals surface area contributed by atoms with Crippen LogP contribution in [0.2, 0.25) is 0 Å². The molecule has 0 spiro atoms. The summed E-state index contributed by atoms with van der Waals surface area (Å²) in [7, 11) is 1.84. The third-order valence-electron chi connectivity index (χ3n) is 4.43. The summed E-state index contributed by atoms with van der Waals surface area (Å²) in [5.74, 6) is 0.263. The number of rotatable bonds is 3. The van der Waals surface area contributed by atoms with Crippen LogP contribution >= 0.6 is 0 Å². The van der Waals surface area contributed by atoms with Gasteiger partial charge in [-0.1, -0.05) is 0 Å². The second-order valence-electron chi connectivity index (χ2n) is 6.53. The molecule has 4 rings (SSSR count). The van der Waals surface area contributed by atoms with Crippen molar-refractivity contribution in [1.82, 2.24) is 19.7 Å². The summed E-state index contributed by atoms with van der Waals surface area (Å²) in [5, 5.41) is 7.73. The molecule has 1 saturated heterocycles. The van der Waals surface area contributed by atoms with E-state index in [0.717, 1.165) is 22.3 Å². The van der Waals surface area contributed by atoms with Gasteiger partial charge < -0.3 is 10.2 Å². The highest BCUT2D eigenvalue weighted by molar-refractivity contribution is 5.93. The molecule has 4 heterocycles. The Morgan fingerprint density at radius 3 is 2.85 bits per heavy atom. The van der Waals surface area contributed by atoms with Crippen LogP contribution in [0.3, 0.4) is 0 Å². The van der Waals surface area contributed by atoms with E-state index in [1.54, 1.807) is 23.1 Å². The number of aryl methyl sites for hydroxylation is 1. The van der Waals surface area contributed by atoms with E-state index >= 15 is 0 Å². The molecular weight excluding hydrogens is 335 g/mol. The Labute approximate surface area is 149 Å². The number of fused-ring (bicyclic) bond motifs is 1. The van der Waals surface area contributed by atoms with Crippen molar-refractivity contribution in [2.24, 2.45) is 7.05 Å². The maximum atomic E-state index is 13.8. The summed E-state index contributed by atoms with van der Waals surface area (Å²) in [5.41, 5.74) is 3.20. The maximum absolute atomic E-state index is 13.8. The van der Waals surface area contributed by atoms with E-state index in [1.807, 2.05) is 24.2 Å². The molecule has 0 unspecified atom stereocenters. The lowest BCUT2D eigenvalue weighted by atomic mass is 10.1. The van der Waals surface area contributed by atoms with E-state index in [1.165, 1.54) is 6.92 Å². The highest BCUT2D eigenvalue weighted by Gasteiger charge is 2.25. The molecule has 1 aliphatic heterocycles. The molecule has 0 bridgehead atoms. The van der Waals surface area contributed by atoms with Gasteiger partial charge in [0.1, 0.15) is 12.0 Å². The molecule has 0 aromatic carbocycles. The minimum Gasteiger partial charge on any atom is -0.367 e. The van der Waals surface area contributed by atoms with E-state index in [4.69, 9.17) is 4.98 Å². The van der Waals surface area contributed by atoms with Crippen molar-refractivity contribution in [3.8, 4) is 11.3 Å². The fourth-order valence-electron chi connectivity index (χ4n) is 3.24. The molecule has 1 fully saturated rings. The molecule has 1 atom stereocenters. The third-order valence-corrected chi connectivity index (χ3v) is 4.43. The van der Waals surface area contributed by atoms with Crippen molar-refractivity contribution in [1.29, 1.82) is 0 Å². The van der Waals surface area contributed by atoms with E-state index in [-0.39, 0.29) is 5.91 Å². The number of hydrogen-bond donors (Lipinski definition) is 1. The van der Waals surface area contributed by atoms with Crippen molar-refractivity contribution in [2.45, 2.75) is 19.5 Å². The Balaban J connectivity index is 1.86. The van der Waals surface area contributed by atoms with Gasteiger partial charge >= 0.3 is 0 Å². The van der Waals surface area contributed by atoms with Crippen LogP contribution < -0.4 is 10.2 Å². The van der Waals surface area contributed by atoms with Gasteiger partial charge in [-0.15, -0.1) is 0 Å². The van der Waals surface area contributed by atoms with Crippen LogP contribution in [0, 0.1) is 0 Å². The number of carbonyl (C=O) groups excluding carboxylic acids is 1. The fraction of sp³-hybridized carbons (Fsp3) is 0.333. The van der Waals surface area contributed by atoms with Crippen LogP contribution in [0.5, 0.6) is 0 Å². The first-order valence-corrected chi connectivity index (χ1v) is 8.46. The number of hydrogen-bond acceptors (Lipinski definition) is 5. The zero-order chi connectivity index (χ0) is 18.3. The number of nitrogens with one attached hydrogen (secondary N) is 1. The van der Waals surface area contributed by atoms with Gasteiger partial charge in [-0.05, 0) is 12.5 Å². The first-order valence-electron chi connectivity index (χ1n) is 8.46. The topological polar surface area (TPSA) is 75.9 Å². The fourth-order valence-corrected chi connectivity index (χ4v) is 3.24. The van der Waals surface area contributed by atoms with Crippen molar-refractivity contribution in [3.63, 3.8) is 0 Å². The zero-order valence-electron chi connectivity index (χ0n) is 14.6. The molecule has 1 N–H and O–H groups in total. The lowest BCUT2D eigenvalue weighted by molar-refractivity contribution is -0.114. The molecule has 8 heteroatoms. The molecule has 0 saturated carbocycles. The Kier molecular flexibility index (Phi) is 4.02. The van der Waals surface area contributed by atoms with Gasteiger partial charge in [-0.25, -0.2) is 14.4 Å². The standard InChI is InChI=1S/C18H19FN6O/c1-11(26)22-17-6-15-12(7-20-17)5-16(25-4-3-14(19)10-25)18(23-15)13-8-21-24(2)9-13/h5-9,14H,3-4,10H2,1-2H3,(H,20,22,26)/t14-/m0/s1. The molecule has 26 heavy (non-hydrogen) atoms. The summed E-state index contributed by atoms with van der Waals surface area (Å²) < 4.78 is 15.5. The van der Waals surface area contributed by atoms with Crippen molar-refractivity contribution < 1.29 is 9.18 Å². The lowest BCUT2D eigenvalue weighted by Gasteiger charge is -2.21. The second-order valence-corrected chi connectivity index (χ2v) is 6.53. The Morgan fingerprint density at radius 1 is 1.35 bits per heavy atom. The molecule has 3 aromatic heterocycles. The predicted molar refractivity (Wildman–Crippen MR) is 97.8 cm³/mol. The summed E-state index contributed by atoms with van der Waals surface area (Å²) in [6.07, 6.45) is 5.00. The number of alkyl halides is 1. The van der Waals surface area contributed by atoms with Crippen molar-refractivity contribution >= 4 is 28.3 Å². The average Bonchev–Trinajstić information content (AvgIpc) is 3.21. The third kappa shape index (κ3) is 3.10. The van der Waals surface area contributed by atoms with Gasteiger partial charge in [0.2, 0.25) is 5.91 Å². The van der Waals surface area contributed by atoms with Gasteiger partial charge in [0, 0.05) is 56.5 Å². The molecule has 3 aromatic rings. The number of aromatic nitrogens is 4. The van der Waals surface area contributed by atoms with E-state index in [2.05, 4.69) is 15.4 Å². The quantitative estimate of drug-likeness (QED) is 0.782. The van der Waals surface area contributed by atoms with Crippen LogP contribution in [-0.4, -0.2) is 44.9 Å². The van der Waals surface area contributed by atoms with E-state index in [0.29, 0.717) is 30.8 Å². The molecule has 1 aliphatic rings. The van der Waals surface area contributed by atoms with Crippen LogP contribution in [0.15, 0.2) is 30.7 Å².